The lowest BCUT2D eigenvalue weighted by molar-refractivity contribution is 0.0733. The van der Waals surface area contributed by atoms with Crippen LogP contribution in [0.4, 0.5) is 0 Å². The first-order chi connectivity index (χ1) is 12.1. The standard InChI is InChI=1S/C21H22N2O2/c1-13-4-5-15(10-14(13)2)21(24)23-9-8-17-18-11-16(25-3)6-7-19(18)22-20(17)12-23/h4-7,10-11,22H,8-9,12H2,1-3H3. The average molecular weight is 334 g/mol. The summed E-state index contributed by atoms with van der Waals surface area (Å²) in [4.78, 5) is 18.3. The molecule has 0 saturated carbocycles. The van der Waals surface area contributed by atoms with Crippen molar-refractivity contribution < 1.29 is 9.53 Å². The fraction of sp³-hybridized carbons (Fsp3) is 0.286. The van der Waals surface area contributed by atoms with Crippen LogP contribution in [0, 0.1) is 13.8 Å². The molecule has 4 nitrogen and oxygen atoms in total. The molecule has 2 aromatic carbocycles. The van der Waals surface area contributed by atoms with Gasteiger partial charge in [0, 0.05) is 28.7 Å². The Hall–Kier alpha value is -2.75. The van der Waals surface area contributed by atoms with Gasteiger partial charge < -0.3 is 14.6 Å². The van der Waals surface area contributed by atoms with Crippen molar-refractivity contribution in [2.45, 2.75) is 26.8 Å². The van der Waals surface area contributed by atoms with Crippen molar-refractivity contribution in [2.24, 2.45) is 0 Å². The predicted octanol–water partition coefficient (Wildman–Crippen LogP) is 3.99. The van der Waals surface area contributed by atoms with Crippen molar-refractivity contribution in [1.82, 2.24) is 9.88 Å². The van der Waals surface area contributed by atoms with Gasteiger partial charge in [-0.05, 0) is 67.3 Å². The van der Waals surface area contributed by atoms with Crippen LogP contribution in [0.5, 0.6) is 5.75 Å². The van der Waals surface area contributed by atoms with E-state index in [0.717, 1.165) is 41.1 Å². The third-order valence-electron chi connectivity index (χ3n) is 5.22. The molecule has 4 heteroatoms. The SMILES string of the molecule is COc1ccc2[nH]c3c(c2c1)CCN(C(=O)c1ccc(C)c(C)c1)C3. The maximum atomic E-state index is 12.9. The molecule has 1 aromatic heterocycles. The highest BCUT2D eigenvalue weighted by molar-refractivity contribution is 5.95. The zero-order valence-electron chi connectivity index (χ0n) is 14.8. The predicted molar refractivity (Wildman–Crippen MR) is 99.2 cm³/mol. The van der Waals surface area contributed by atoms with Crippen molar-refractivity contribution in [3.8, 4) is 5.75 Å². The molecule has 1 aliphatic heterocycles. The van der Waals surface area contributed by atoms with Gasteiger partial charge in [0.2, 0.25) is 0 Å². The third-order valence-corrected chi connectivity index (χ3v) is 5.22. The maximum Gasteiger partial charge on any atom is 0.254 e. The minimum atomic E-state index is 0.102. The van der Waals surface area contributed by atoms with E-state index in [1.54, 1.807) is 7.11 Å². The summed E-state index contributed by atoms with van der Waals surface area (Å²) in [6.45, 7) is 5.47. The molecule has 2 heterocycles. The average Bonchev–Trinajstić information content (AvgIpc) is 3.00. The van der Waals surface area contributed by atoms with E-state index >= 15 is 0 Å². The van der Waals surface area contributed by atoms with E-state index in [2.05, 4.69) is 18.0 Å². The number of ether oxygens (including phenoxy) is 1. The van der Waals surface area contributed by atoms with Gasteiger partial charge in [0.25, 0.3) is 5.91 Å². The van der Waals surface area contributed by atoms with Gasteiger partial charge in [0.1, 0.15) is 5.75 Å². The number of aromatic nitrogens is 1. The number of amides is 1. The number of benzene rings is 2. The number of nitrogens with one attached hydrogen (secondary N) is 1. The number of rotatable bonds is 2. The van der Waals surface area contributed by atoms with E-state index in [4.69, 9.17) is 4.74 Å². The number of carbonyl (C=O) groups excluding carboxylic acids is 1. The summed E-state index contributed by atoms with van der Waals surface area (Å²) in [5.41, 5.74) is 6.67. The minimum absolute atomic E-state index is 0.102. The Morgan fingerprint density at radius 1 is 1.12 bits per heavy atom. The lowest BCUT2D eigenvalue weighted by Gasteiger charge is -2.27. The molecule has 1 amide bonds. The van der Waals surface area contributed by atoms with Gasteiger partial charge in [-0.3, -0.25) is 4.79 Å². The molecular weight excluding hydrogens is 312 g/mol. The van der Waals surface area contributed by atoms with Gasteiger partial charge in [-0.2, -0.15) is 0 Å². The lowest BCUT2D eigenvalue weighted by Crippen LogP contribution is -2.35. The monoisotopic (exact) mass is 334 g/mol. The summed E-state index contributed by atoms with van der Waals surface area (Å²) in [7, 11) is 1.68. The number of H-pyrrole nitrogens is 1. The van der Waals surface area contributed by atoms with Crippen molar-refractivity contribution in [3.63, 3.8) is 0 Å². The van der Waals surface area contributed by atoms with E-state index in [9.17, 15) is 4.79 Å². The van der Waals surface area contributed by atoms with Crippen molar-refractivity contribution in [2.75, 3.05) is 13.7 Å². The molecule has 0 bridgehead atoms. The Morgan fingerprint density at radius 2 is 1.96 bits per heavy atom. The minimum Gasteiger partial charge on any atom is -0.497 e. The number of aromatic amines is 1. The van der Waals surface area contributed by atoms with Crippen molar-refractivity contribution >= 4 is 16.8 Å². The number of methoxy groups -OCH3 is 1. The van der Waals surface area contributed by atoms with Crippen LogP contribution in [0.3, 0.4) is 0 Å². The van der Waals surface area contributed by atoms with Gasteiger partial charge in [0.05, 0.1) is 13.7 Å². The Morgan fingerprint density at radius 3 is 2.72 bits per heavy atom. The largest absolute Gasteiger partial charge is 0.497 e. The highest BCUT2D eigenvalue weighted by Gasteiger charge is 2.25. The van der Waals surface area contributed by atoms with Gasteiger partial charge in [0.15, 0.2) is 0 Å². The molecule has 0 saturated heterocycles. The van der Waals surface area contributed by atoms with Crippen molar-refractivity contribution in [3.05, 3.63) is 64.3 Å². The summed E-state index contributed by atoms with van der Waals surface area (Å²) in [6, 6.07) is 12.0. The number of aryl methyl sites for hydroxylation is 2. The molecule has 0 unspecified atom stereocenters. The third kappa shape index (κ3) is 2.68. The van der Waals surface area contributed by atoms with Crippen LogP contribution in [0.25, 0.3) is 10.9 Å². The topological polar surface area (TPSA) is 45.3 Å². The van der Waals surface area contributed by atoms with Crippen LogP contribution < -0.4 is 4.74 Å². The summed E-state index contributed by atoms with van der Waals surface area (Å²) in [5, 5.41) is 1.20. The number of nitrogens with zero attached hydrogens (tertiary/aromatic N) is 1. The maximum absolute atomic E-state index is 12.9. The summed E-state index contributed by atoms with van der Waals surface area (Å²) < 4.78 is 5.34. The molecule has 0 spiro atoms. The Labute approximate surface area is 147 Å². The van der Waals surface area contributed by atoms with Gasteiger partial charge in [-0.15, -0.1) is 0 Å². The molecule has 1 N–H and O–H groups in total. The zero-order valence-corrected chi connectivity index (χ0v) is 14.8. The summed E-state index contributed by atoms with van der Waals surface area (Å²) in [6.07, 6.45) is 0.860. The molecule has 0 aliphatic carbocycles. The molecule has 128 valence electrons. The molecule has 3 aromatic rings. The molecule has 25 heavy (non-hydrogen) atoms. The fourth-order valence-electron chi connectivity index (χ4n) is 3.58. The van der Waals surface area contributed by atoms with E-state index < -0.39 is 0 Å². The highest BCUT2D eigenvalue weighted by Crippen LogP contribution is 2.30. The van der Waals surface area contributed by atoms with Crippen molar-refractivity contribution in [1.29, 1.82) is 0 Å². The Kier molecular flexibility index (Phi) is 3.75. The number of carbonyl (C=O) groups is 1. The quantitative estimate of drug-likeness (QED) is 0.770. The van der Waals surface area contributed by atoms with Crippen LogP contribution >= 0.6 is 0 Å². The fourth-order valence-corrected chi connectivity index (χ4v) is 3.58. The number of hydrogen-bond donors (Lipinski definition) is 1. The molecule has 1 aliphatic rings. The second kappa shape index (κ2) is 5.96. The first-order valence-electron chi connectivity index (χ1n) is 8.61. The number of hydrogen-bond acceptors (Lipinski definition) is 2. The Balaban J connectivity index is 1.64. The molecule has 4 rings (SSSR count). The van der Waals surface area contributed by atoms with E-state index in [1.807, 2.05) is 42.2 Å². The Bertz CT molecular complexity index is 971. The normalized spacial score (nSPS) is 13.8. The molecular formula is C21H22N2O2. The van der Waals surface area contributed by atoms with Gasteiger partial charge in [-0.25, -0.2) is 0 Å². The van der Waals surface area contributed by atoms with E-state index in [-0.39, 0.29) is 5.91 Å². The van der Waals surface area contributed by atoms with Crippen LogP contribution in [-0.4, -0.2) is 29.4 Å². The van der Waals surface area contributed by atoms with Crippen LogP contribution in [0.2, 0.25) is 0 Å². The second-order valence-electron chi connectivity index (χ2n) is 6.77. The van der Waals surface area contributed by atoms with Crippen LogP contribution in [-0.2, 0) is 13.0 Å². The highest BCUT2D eigenvalue weighted by atomic mass is 16.5. The molecule has 0 atom stereocenters. The smallest absolute Gasteiger partial charge is 0.254 e. The van der Waals surface area contributed by atoms with Gasteiger partial charge in [-0.1, -0.05) is 6.07 Å². The number of fused-ring (bicyclic) bond motifs is 3. The zero-order chi connectivity index (χ0) is 17.6. The summed E-state index contributed by atoms with van der Waals surface area (Å²) >= 11 is 0. The first-order valence-corrected chi connectivity index (χ1v) is 8.61. The summed E-state index contributed by atoms with van der Waals surface area (Å²) in [5.74, 6) is 0.966. The van der Waals surface area contributed by atoms with Crippen LogP contribution in [0.15, 0.2) is 36.4 Å². The van der Waals surface area contributed by atoms with E-state index in [0.29, 0.717) is 6.54 Å². The molecule has 0 fully saturated rings. The lowest BCUT2D eigenvalue weighted by atomic mass is 10.0. The second-order valence-corrected chi connectivity index (χ2v) is 6.77. The van der Waals surface area contributed by atoms with Crippen LogP contribution in [0.1, 0.15) is 32.7 Å². The molecule has 0 radical (unpaired) electrons. The first kappa shape index (κ1) is 15.8. The van der Waals surface area contributed by atoms with Gasteiger partial charge >= 0.3 is 0 Å². The van der Waals surface area contributed by atoms with E-state index in [1.165, 1.54) is 16.5 Å².